The molecule has 264 valence electrons. The van der Waals surface area contributed by atoms with Gasteiger partial charge < -0.3 is 16.0 Å². The normalized spacial score (nSPS) is 17.8. The van der Waals surface area contributed by atoms with Crippen LogP contribution in [0.15, 0.2) is 75.9 Å². The molecule has 1 fully saturated rings. The van der Waals surface area contributed by atoms with E-state index in [2.05, 4.69) is 44.3 Å². The number of benzene rings is 2. The van der Waals surface area contributed by atoms with Gasteiger partial charge in [0.25, 0.3) is 0 Å². The van der Waals surface area contributed by atoms with Crippen molar-refractivity contribution in [3.8, 4) is 11.1 Å². The molecule has 3 N–H and O–H groups in total. The number of anilines is 1. The maximum Gasteiger partial charge on any atom is 0.228 e. The van der Waals surface area contributed by atoms with Gasteiger partial charge in [0.1, 0.15) is 11.5 Å². The van der Waals surface area contributed by atoms with Gasteiger partial charge in [0, 0.05) is 47.2 Å². The summed E-state index contributed by atoms with van der Waals surface area (Å²) in [6.45, 7) is 10.1. The smallest absolute Gasteiger partial charge is 0.228 e. The van der Waals surface area contributed by atoms with E-state index in [1.54, 1.807) is 0 Å². The van der Waals surface area contributed by atoms with Gasteiger partial charge in [-0.25, -0.2) is 9.98 Å². The fraction of sp³-hybridized carbons (Fsp3) is 0.475. The highest BCUT2D eigenvalue weighted by molar-refractivity contribution is 6.01. The number of ketones is 2. The van der Waals surface area contributed by atoms with Crippen molar-refractivity contribution in [3.63, 3.8) is 0 Å². The van der Waals surface area contributed by atoms with E-state index in [9.17, 15) is 14.4 Å². The van der Waals surface area contributed by atoms with Gasteiger partial charge >= 0.3 is 0 Å². The zero-order chi connectivity index (χ0) is 35.5. The summed E-state index contributed by atoms with van der Waals surface area (Å²) in [6.07, 6.45) is 5.52. The molecule has 2 aromatic carbocycles. The Balaban J connectivity index is 1.26. The molecule has 1 aromatic heterocycles. The number of hydrogen-bond acceptors (Lipinski definition) is 9. The Morgan fingerprint density at radius 2 is 1.62 bits per heavy atom. The number of aromatic nitrogens is 1. The van der Waals surface area contributed by atoms with Crippen molar-refractivity contribution in [1.82, 2.24) is 9.88 Å². The van der Waals surface area contributed by atoms with Gasteiger partial charge in [-0.05, 0) is 119 Å². The average molecular weight is 678 g/mol. The molecule has 2 aliphatic rings. The predicted octanol–water partition coefficient (Wildman–Crippen LogP) is 7.05. The molecule has 0 bridgehead atoms. The van der Waals surface area contributed by atoms with E-state index >= 15 is 0 Å². The van der Waals surface area contributed by atoms with E-state index in [0.29, 0.717) is 49.2 Å². The number of nitrogens with one attached hydrogen (secondary N) is 1. The van der Waals surface area contributed by atoms with E-state index in [4.69, 9.17) is 5.73 Å². The average Bonchev–Trinajstić information content (AvgIpc) is 3.69. The summed E-state index contributed by atoms with van der Waals surface area (Å²) < 4.78 is 0. The molecule has 1 aliphatic heterocycles. The number of nitrogens with two attached hydrogens (primary N) is 1. The molecule has 3 aromatic rings. The number of hydrogen-bond donors (Lipinski definition) is 2. The largest absolute Gasteiger partial charge is 0.330 e. The lowest BCUT2D eigenvalue weighted by molar-refractivity contribution is -0.129. The monoisotopic (exact) mass is 677 g/mol. The quantitative estimate of drug-likeness (QED) is 0.147. The molecule has 1 amide bonds. The third kappa shape index (κ3) is 9.85. The van der Waals surface area contributed by atoms with Crippen molar-refractivity contribution >= 4 is 29.0 Å². The van der Waals surface area contributed by atoms with Gasteiger partial charge in [0.2, 0.25) is 5.91 Å². The first-order valence-electron chi connectivity index (χ1n) is 18.2. The highest BCUT2D eigenvalue weighted by Gasteiger charge is 2.30. The number of amidine groups is 1. The molecule has 0 unspecified atom stereocenters. The first-order valence-corrected chi connectivity index (χ1v) is 18.2. The van der Waals surface area contributed by atoms with Gasteiger partial charge in [-0.3, -0.25) is 14.4 Å². The van der Waals surface area contributed by atoms with Crippen LogP contribution in [0, 0.1) is 24.7 Å². The van der Waals surface area contributed by atoms with E-state index in [0.717, 1.165) is 79.7 Å². The molecule has 0 radical (unpaired) electrons. The number of nitrogens with zero attached hydrogens (tertiary/aromatic N) is 5. The Kier molecular flexibility index (Phi) is 13.3. The molecule has 2 heterocycles. The minimum absolute atomic E-state index is 0.0242. The summed E-state index contributed by atoms with van der Waals surface area (Å²) in [7, 11) is 0. The number of Topliss-reactive ketones (excluding diaryl/α,β-unsaturated/α-hetero) is 2. The van der Waals surface area contributed by atoms with Gasteiger partial charge in [-0.15, -0.1) is 5.11 Å². The SMILES string of the molecule is CCN(CC)CCCC(=O)c1ccc(-c2ccc(C[C@H](CC(=O)C3CCC(CN)CC3)C(=O)Nc3ccc(C4=NCN=N4)cc3)cc2)c(C)n1. The van der Waals surface area contributed by atoms with Crippen LogP contribution < -0.4 is 11.1 Å². The zero-order valence-electron chi connectivity index (χ0n) is 29.7. The van der Waals surface area contributed by atoms with Crippen molar-refractivity contribution < 1.29 is 14.4 Å². The van der Waals surface area contributed by atoms with Crippen LogP contribution >= 0.6 is 0 Å². The van der Waals surface area contributed by atoms with Crippen LogP contribution in [0.1, 0.15) is 86.1 Å². The van der Waals surface area contributed by atoms with E-state index in [-0.39, 0.29) is 29.8 Å². The second kappa shape index (κ2) is 18.0. The summed E-state index contributed by atoms with van der Waals surface area (Å²) in [6, 6.07) is 19.3. The van der Waals surface area contributed by atoms with Gasteiger partial charge in [0.15, 0.2) is 18.3 Å². The minimum atomic E-state index is -0.524. The topological polar surface area (TPSA) is 142 Å². The van der Waals surface area contributed by atoms with Crippen molar-refractivity contribution in [1.29, 1.82) is 0 Å². The van der Waals surface area contributed by atoms with E-state index in [1.807, 2.05) is 67.6 Å². The van der Waals surface area contributed by atoms with Crippen molar-refractivity contribution in [2.75, 3.05) is 38.2 Å². The lowest BCUT2D eigenvalue weighted by Crippen LogP contribution is -2.31. The Hall–Kier alpha value is -4.41. The third-order valence-corrected chi connectivity index (χ3v) is 10.2. The van der Waals surface area contributed by atoms with Crippen LogP contribution in [-0.2, 0) is 16.0 Å². The van der Waals surface area contributed by atoms with Gasteiger partial charge in [-0.1, -0.05) is 44.2 Å². The Morgan fingerprint density at radius 3 is 2.24 bits per heavy atom. The molecule has 0 saturated heterocycles. The number of carbonyl (C=O) groups excluding carboxylic acids is 3. The number of azo groups is 1. The van der Waals surface area contributed by atoms with Crippen LogP contribution in [0.4, 0.5) is 5.69 Å². The summed E-state index contributed by atoms with van der Waals surface area (Å²) in [4.78, 5) is 51.4. The van der Waals surface area contributed by atoms with Crippen molar-refractivity contribution in [3.05, 3.63) is 83.2 Å². The third-order valence-electron chi connectivity index (χ3n) is 10.2. The Bertz CT molecular complexity index is 1670. The number of rotatable bonds is 17. The number of pyridine rings is 1. The molecule has 50 heavy (non-hydrogen) atoms. The zero-order valence-corrected chi connectivity index (χ0v) is 29.7. The Labute approximate surface area is 296 Å². The second-order valence-electron chi connectivity index (χ2n) is 13.5. The predicted molar refractivity (Wildman–Crippen MR) is 198 cm³/mol. The highest BCUT2D eigenvalue weighted by atomic mass is 16.2. The lowest BCUT2D eigenvalue weighted by Gasteiger charge is -2.27. The molecule has 10 heteroatoms. The van der Waals surface area contributed by atoms with Crippen LogP contribution in [-0.4, -0.2) is 66.0 Å². The van der Waals surface area contributed by atoms with Crippen LogP contribution in [0.2, 0.25) is 0 Å². The maximum atomic E-state index is 13.7. The fourth-order valence-corrected chi connectivity index (χ4v) is 6.97. The molecule has 1 aliphatic carbocycles. The highest BCUT2D eigenvalue weighted by Crippen LogP contribution is 2.31. The summed E-state index contributed by atoms with van der Waals surface area (Å²) >= 11 is 0. The molecule has 5 rings (SSSR count). The molecule has 0 spiro atoms. The van der Waals surface area contributed by atoms with Crippen LogP contribution in [0.5, 0.6) is 0 Å². The summed E-state index contributed by atoms with van der Waals surface area (Å²) in [5.41, 5.74) is 11.6. The van der Waals surface area contributed by atoms with Gasteiger partial charge in [-0.2, -0.15) is 5.11 Å². The molecule has 1 atom stereocenters. The second-order valence-corrected chi connectivity index (χ2v) is 13.5. The van der Waals surface area contributed by atoms with Crippen molar-refractivity contribution in [2.24, 2.45) is 38.7 Å². The standard InChI is InChI=1S/C40H51N7O3/c1-4-47(5-2)22-6-7-37(48)36-21-20-35(27(3)44-36)30-12-8-28(9-13-30)23-33(24-38(49)31-14-10-29(25-41)11-15-31)40(50)45-34-18-16-32(17-19-34)39-42-26-43-46-39/h8-9,12-13,16-21,29,31,33H,4-7,10-11,14-15,22-26,41H2,1-3H3,(H,45,50)/t29?,31?,33-/m1/s1. The van der Waals surface area contributed by atoms with Crippen LogP contribution in [0.3, 0.4) is 0 Å². The first kappa shape index (κ1) is 36.9. The number of amides is 1. The number of aryl methyl sites for hydroxylation is 1. The van der Waals surface area contributed by atoms with Crippen molar-refractivity contribution in [2.45, 2.75) is 72.1 Å². The van der Waals surface area contributed by atoms with E-state index in [1.165, 1.54) is 0 Å². The maximum absolute atomic E-state index is 13.7. The molecule has 10 nitrogen and oxygen atoms in total. The first-order chi connectivity index (χ1) is 24.3. The molecular formula is C40H51N7O3. The number of carbonyl (C=O) groups is 3. The fourth-order valence-electron chi connectivity index (χ4n) is 6.97. The Morgan fingerprint density at radius 1 is 0.920 bits per heavy atom. The number of aliphatic imine (C=N–C) groups is 1. The molecule has 1 saturated carbocycles. The lowest BCUT2D eigenvalue weighted by atomic mass is 9.77. The summed E-state index contributed by atoms with van der Waals surface area (Å²) in [5.74, 6) is 0.555. The van der Waals surface area contributed by atoms with Crippen LogP contribution in [0.25, 0.3) is 11.1 Å². The van der Waals surface area contributed by atoms with E-state index < -0.39 is 5.92 Å². The van der Waals surface area contributed by atoms with Gasteiger partial charge in [0.05, 0.1) is 0 Å². The molecular weight excluding hydrogens is 626 g/mol. The summed E-state index contributed by atoms with van der Waals surface area (Å²) in [5, 5.41) is 11.0. The minimum Gasteiger partial charge on any atom is -0.330 e.